The van der Waals surface area contributed by atoms with E-state index in [0.29, 0.717) is 12.4 Å². The van der Waals surface area contributed by atoms with Crippen LogP contribution in [-0.2, 0) is 16.1 Å². The van der Waals surface area contributed by atoms with E-state index in [-0.39, 0.29) is 24.4 Å². The summed E-state index contributed by atoms with van der Waals surface area (Å²) in [5.74, 6) is 0.169. The molecule has 0 aliphatic rings. The minimum absolute atomic E-state index is 0.175. The number of rotatable bonds is 8. The van der Waals surface area contributed by atoms with E-state index >= 15 is 0 Å². The van der Waals surface area contributed by atoms with Crippen LogP contribution in [0.4, 0.5) is 4.39 Å². The van der Waals surface area contributed by atoms with Crippen LogP contribution in [0.25, 0.3) is 0 Å². The van der Waals surface area contributed by atoms with Gasteiger partial charge < -0.3 is 20.5 Å². The molecule has 3 N–H and O–H groups in total. The Labute approximate surface area is 146 Å². The molecule has 2 aromatic rings. The lowest BCUT2D eigenvalue weighted by Crippen LogP contribution is -2.44. The molecule has 2 atom stereocenters. The van der Waals surface area contributed by atoms with Gasteiger partial charge in [0, 0.05) is 7.11 Å². The van der Waals surface area contributed by atoms with Gasteiger partial charge in [-0.25, -0.2) is 4.39 Å². The summed E-state index contributed by atoms with van der Waals surface area (Å²) in [5.41, 5.74) is 7.53. The van der Waals surface area contributed by atoms with Crippen molar-refractivity contribution in [3.63, 3.8) is 0 Å². The van der Waals surface area contributed by atoms with Gasteiger partial charge in [0.15, 0.2) is 0 Å². The fourth-order valence-corrected chi connectivity index (χ4v) is 2.26. The quantitative estimate of drug-likeness (QED) is 0.770. The molecule has 0 bridgehead atoms. The molecule has 0 fully saturated rings. The molecule has 0 aromatic heterocycles. The summed E-state index contributed by atoms with van der Waals surface area (Å²) in [6.07, 6.45) is 0. The lowest BCUT2D eigenvalue weighted by Gasteiger charge is -2.18. The summed E-state index contributed by atoms with van der Waals surface area (Å²) in [6, 6.07) is 12.7. The van der Waals surface area contributed by atoms with Gasteiger partial charge in [-0.1, -0.05) is 24.3 Å². The van der Waals surface area contributed by atoms with E-state index in [4.69, 9.17) is 15.2 Å². The molecule has 0 radical (unpaired) electrons. The molecule has 2 unspecified atom stereocenters. The van der Waals surface area contributed by atoms with E-state index in [9.17, 15) is 9.18 Å². The van der Waals surface area contributed by atoms with Crippen molar-refractivity contribution in [2.24, 2.45) is 5.73 Å². The Morgan fingerprint density at radius 2 is 1.80 bits per heavy atom. The molecule has 6 heteroatoms. The number of methoxy groups -OCH3 is 1. The van der Waals surface area contributed by atoms with Crippen molar-refractivity contribution in [3.05, 3.63) is 65.5 Å². The second-order valence-corrected chi connectivity index (χ2v) is 5.78. The zero-order chi connectivity index (χ0) is 18.2. The summed E-state index contributed by atoms with van der Waals surface area (Å²) < 4.78 is 23.4. The van der Waals surface area contributed by atoms with Gasteiger partial charge in [-0.3, -0.25) is 4.79 Å². The van der Waals surface area contributed by atoms with Crippen molar-refractivity contribution >= 4 is 5.91 Å². The number of amides is 1. The Balaban J connectivity index is 1.88. The molecule has 0 aliphatic carbocycles. The Bertz CT molecular complexity index is 674. The molecule has 134 valence electrons. The van der Waals surface area contributed by atoms with Gasteiger partial charge in [-0.15, -0.1) is 0 Å². The molecular formula is C19H23FN2O3. The molecule has 0 saturated carbocycles. The van der Waals surface area contributed by atoms with Crippen molar-refractivity contribution in [2.45, 2.75) is 25.6 Å². The van der Waals surface area contributed by atoms with Gasteiger partial charge in [0.25, 0.3) is 0 Å². The van der Waals surface area contributed by atoms with Crippen LogP contribution in [0.1, 0.15) is 24.1 Å². The van der Waals surface area contributed by atoms with Gasteiger partial charge in [-0.2, -0.15) is 0 Å². The summed E-state index contributed by atoms with van der Waals surface area (Å²) in [4.78, 5) is 11.9. The number of hydrogen-bond acceptors (Lipinski definition) is 4. The van der Waals surface area contributed by atoms with E-state index in [1.807, 2.05) is 31.2 Å². The molecule has 2 aromatic carbocycles. The third kappa shape index (κ3) is 5.85. The average Bonchev–Trinajstić information content (AvgIpc) is 2.61. The second kappa shape index (κ2) is 9.15. The summed E-state index contributed by atoms with van der Waals surface area (Å²) in [7, 11) is 1.50. The first-order chi connectivity index (χ1) is 12.0. The molecule has 0 saturated heterocycles. The van der Waals surface area contributed by atoms with Crippen molar-refractivity contribution < 1.29 is 18.7 Å². The van der Waals surface area contributed by atoms with E-state index < -0.39 is 6.04 Å². The first-order valence-corrected chi connectivity index (χ1v) is 8.01. The Hall–Kier alpha value is -2.44. The minimum Gasteiger partial charge on any atom is -0.489 e. The van der Waals surface area contributed by atoms with E-state index in [1.165, 1.54) is 19.2 Å². The number of ether oxygens (including phenoxy) is 2. The summed E-state index contributed by atoms with van der Waals surface area (Å²) in [5, 5.41) is 2.84. The van der Waals surface area contributed by atoms with Gasteiger partial charge in [0.1, 0.15) is 24.2 Å². The van der Waals surface area contributed by atoms with E-state index in [1.54, 1.807) is 12.1 Å². The smallest absolute Gasteiger partial charge is 0.239 e. The maximum Gasteiger partial charge on any atom is 0.239 e. The van der Waals surface area contributed by atoms with Gasteiger partial charge in [0.05, 0.1) is 12.6 Å². The van der Waals surface area contributed by atoms with Gasteiger partial charge >= 0.3 is 0 Å². The molecule has 25 heavy (non-hydrogen) atoms. The van der Waals surface area contributed by atoms with Crippen LogP contribution in [-0.4, -0.2) is 25.7 Å². The van der Waals surface area contributed by atoms with Gasteiger partial charge in [-0.05, 0) is 42.3 Å². The van der Waals surface area contributed by atoms with E-state index in [2.05, 4.69) is 5.32 Å². The first kappa shape index (κ1) is 18.9. The number of carbonyl (C=O) groups excluding carboxylic acids is 1. The van der Waals surface area contributed by atoms with Crippen molar-refractivity contribution in [3.8, 4) is 5.75 Å². The highest BCUT2D eigenvalue weighted by Gasteiger charge is 2.16. The fraction of sp³-hybridized carbons (Fsp3) is 0.316. The first-order valence-electron chi connectivity index (χ1n) is 8.01. The van der Waals surface area contributed by atoms with Crippen molar-refractivity contribution in [2.75, 3.05) is 13.7 Å². The largest absolute Gasteiger partial charge is 0.489 e. The maximum absolute atomic E-state index is 12.9. The number of benzene rings is 2. The fourth-order valence-electron chi connectivity index (χ4n) is 2.26. The SMILES string of the molecule is COCC(N)C(=O)NC(C)c1ccc(OCc2ccc(F)cc2)cc1. The second-order valence-electron chi connectivity index (χ2n) is 5.78. The van der Waals surface area contributed by atoms with Crippen LogP contribution in [0, 0.1) is 5.82 Å². The molecule has 0 spiro atoms. The Kier molecular flexibility index (Phi) is 6.91. The topological polar surface area (TPSA) is 73.6 Å². The highest BCUT2D eigenvalue weighted by atomic mass is 19.1. The number of nitrogens with one attached hydrogen (secondary N) is 1. The molecule has 0 aliphatic heterocycles. The number of hydrogen-bond donors (Lipinski definition) is 2. The standard InChI is InChI=1S/C19H23FN2O3/c1-13(22-19(23)18(21)12-24-2)15-5-9-17(10-6-15)25-11-14-3-7-16(20)8-4-14/h3-10,13,18H,11-12,21H2,1-2H3,(H,22,23). The van der Waals surface area contributed by atoms with Crippen LogP contribution in [0.15, 0.2) is 48.5 Å². The maximum atomic E-state index is 12.9. The van der Waals surface area contributed by atoms with Crippen LogP contribution in [0.5, 0.6) is 5.75 Å². The Morgan fingerprint density at radius 1 is 1.16 bits per heavy atom. The Morgan fingerprint density at radius 3 is 2.40 bits per heavy atom. The predicted molar refractivity (Wildman–Crippen MR) is 93.6 cm³/mol. The molecule has 0 heterocycles. The lowest BCUT2D eigenvalue weighted by atomic mass is 10.1. The zero-order valence-corrected chi connectivity index (χ0v) is 14.4. The van der Waals surface area contributed by atoms with E-state index in [0.717, 1.165) is 11.1 Å². The monoisotopic (exact) mass is 346 g/mol. The van der Waals surface area contributed by atoms with Crippen LogP contribution >= 0.6 is 0 Å². The number of carbonyl (C=O) groups is 1. The zero-order valence-electron chi connectivity index (χ0n) is 14.4. The highest BCUT2D eigenvalue weighted by molar-refractivity contribution is 5.82. The average molecular weight is 346 g/mol. The molecule has 1 amide bonds. The van der Waals surface area contributed by atoms with Crippen molar-refractivity contribution in [1.29, 1.82) is 0 Å². The van der Waals surface area contributed by atoms with Crippen molar-refractivity contribution in [1.82, 2.24) is 5.32 Å². The normalized spacial score (nSPS) is 13.1. The predicted octanol–water partition coefficient (Wildman–Crippen LogP) is 2.56. The third-order valence-electron chi connectivity index (χ3n) is 3.74. The number of nitrogens with two attached hydrogens (primary N) is 1. The highest BCUT2D eigenvalue weighted by Crippen LogP contribution is 2.19. The number of halogens is 1. The summed E-state index contributed by atoms with van der Waals surface area (Å²) >= 11 is 0. The molecule has 5 nitrogen and oxygen atoms in total. The molecule has 2 rings (SSSR count). The van der Waals surface area contributed by atoms with Crippen LogP contribution in [0.3, 0.4) is 0 Å². The van der Waals surface area contributed by atoms with Crippen LogP contribution in [0.2, 0.25) is 0 Å². The lowest BCUT2D eigenvalue weighted by molar-refractivity contribution is -0.124. The van der Waals surface area contributed by atoms with Crippen LogP contribution < -0.4 is 15.8 Å². The summed E-state index contributed by atoms with van der Waals surface area (Å²) in [6.45, 7) is 2.41. The molecular weight excluding hydrogens is 323 g/mol. The minimum atomic E-state index is -0.689. The third-order valence-corrected chi connectivity index (χ3v) is 3.74. The van der Waals surface area contributed by atoms with Gasteiger partial charge in [0.2, 0.25) is 5.91 Å².